The van der Waals surface area contributed by atoms with Crippen LogP contribution in [-0.2, 0) is 9.53 Å². The fourth-order valence-corrected chi connectivity index (χ4v) is 1.11. The molecule has 0 heterocycles. The van der Waals surface area contributed by atoms with Gasteiger partial charge in [-0.05, 0) is 19.4 Å². The van der Waals surface area contributed by atoms with Crippen LogP contribution in [0.2, 0.25) is 6.04 Å². The molecule has 2 nitrogen and oxygen atoms in total. The van der Waals surface area contributed by atoms with Crippen LogP contribution in [0.15, 0.2) is 12.2 Å². The molecule has 0 aromatic heterocycles. The quantitative estimate of drug-likeness (QED) is 0.217. The molecule has 0 amide bonds. The first-order valence-corrected chi connectivity index (χ1v) is 5.56. The molecular weight excluding hydrogens is 180 g/mol. The Morgan fingerprint density at radius 2 is 2.36 bits per heavy atom. The zero-order chi connectivity index (χ0) is 8.69. The van der Waals surface area contributed by atoms with Gasteiger partial charge in [0.05, 0.1) is 6.61 Å². The highest BCUT2D eigenvalue weighted by Crippen LogP contribution is 1.96. The average Bonchev–Trinajstić information content (AvgIpc) is 1.97. The third kappa shape index (κ3) is 6.13. The van der Waals surface area contributed by atoms with Gasteiger partial charge in [0.1, 0.15) is 0 Å². The van der Waals surface area contributed by atoms with E-state index in [-0.39, 0.29) is 5.97 Å². The first-order valence-electron chi connectivity index (χ1n) is 3.34. The minimum Gasteiger partial charge on any atom is -0.462 e. The molecule has 0 rings (SSSR count). The highest BCUT2D eigenvalue weighted by molar-refractivity contribution is 6.93. The molecule has 0 spiro atoms. The standard InChI is InChI=1S/C7H11ClO2Si/c1-6(2)7(9)10-4-3-5-11-8/h1,3-5H2,2H3. The zero-order valence-corrected chi connectivity index (χ0v) is 8.28. The summed E-state index contributed by atoms with van der Waals surface area (Å²) in [4.78, 5) is 10.8. The third-order valence-corrected chi connectivity index (χ3v) is 2.11. The lowest BCUT2D eigenvalue weighted by Gasteiger charge is -2.01. The molecular formula is C7H11ClO2Si. The molecule has 0 N–H and O–H groups in total. The van der Waals surface area contributed by atoms with E-state index in [0.29, 0.717) is 21.0 Å². The molecule has 0 fully saturated rings. The van der Waals surface area contributed by atoms with E-state index < -0.39 is 0 Å². The summed E-state index contributed by atoms with van der Waals surface area (Å²) >= 11 is 5.45. The van der Waals surface area contributed by atoms with Crippen LogP contribution in [0, 0.1) is 0 Å². The number of rotatable bonds is 5. The van der Waals surface area contributed by atoms with Gasteiger partial charge in [-0.1, -0.05) is 6.58 Å². The van der Waals surface area contributed by atoms with Crippen molar-refractivity contribution in [2.45, 2.75) is 19.4 Å². The molecule has 11 heavy (non-hydrogen) atoms. The topological polar surface area (TPSA) is 26.3 Å². The monoisotopic (exact) mass is 190 g/mol. The fourth-order valence-electron chi connectivity index (χ4n) is 0.427. The molecule has 0 saturated heterocycles. The van der Waals surface area contributed by atoms with E-state index in [0.717, 1.165) is 12.5 Å². The molecule has 0 saturated carbocycles. The van der Waals surface area contributed by atoms with Crippen LogP contribution < -0.4 is 0 Å². The van der Waals surface area contributed by atoms with Gasteiger partial charge in [-0.25, -0.2) is 4.79 Å². The van der Waals surface area contributed by atoms with Crippen LogP contribution >= 0.6 is 11.1 Å². The van der Waals surface area contributed by atoms with Gasteiger partial charge in [0, 0.05) is 5.57 Å². The van der Waals surface area contributed by atoms with Gasteiger partial charge in [0.15, 0.2) is 8.83 Å². The summed E-state index contributed by atoms with van der Waals surface area (Å²) in [5, 5.41) is 0. The molecule has 2 radical (unpaired) electrons. The number of carbonyl (C=O) groups is 1. The predicted molar refractivity (Wildman–Crippen MR) is 46.8 cm³/mol. The van der Waals surface area contributed by atoms with Crippen molar-refractivity contribution in [2.24, 2.45) is 0 Å². The van der Waals surface area contributed by atoms with Gasteiger partial charge < -0.3 is 4.74 Å². The largest absolute Gasteiger partial charge is 0.462 e. The SMILES string of the molecule is C=C(C)C(=O)OCCC[Si]Cl. The Hall–Kier alpha value is -0.283. The lowest BCUT2D eigenvalue weighted by atomic mass is 10.4. The van der Waals surface area contributed by atoms with Crippen LogP contribution in [0.4, 0.5) is 0 Å². The Labute approximate surface area is 74.1 Å². The van der Waals surface area contributed by atoms with Crippen molar-refractivity contribution < 1.29 is 9.53 Å². The van der Waals surface area contributed by atoms with Crippen molar-refractivity contribution in [1.29, 1.82) is 0 Å². The minimum atomic E-state index is -0.317. The van der Waals surface area contributed by atoms with E-state index in [2.05, 4.69) is 6.58 Å². The van der Waals surface area contributed by atoms with Crippen molar-refractivity contribution in [1.82, 2.24) is 0 Å². The lowest BCUT2D eigenvalue weighted by molar-refractivity contribution is -0.138. The minimum absolute atomic E-state index is 0.317. The zero-order valence-electron chi connectivity index (χ0n) is 6.52. The molecule has 62 valence electrons. The highest BCUT2D eigenvalue weighted by atomic mass is 35.6. The summed E-state index contributed by atoms with van der Waals surface area (Å²) < 4.78 is 4.81. The molecule has 0 atom stereocenters. The number of hydrogen-bond acceptors (Lipinski definition) is 2. The van der Waals surface area contributed by atoms with E-state index in [1.165, 1.54) is 0 Å². The van der Waals surface area contributed by atoms with Gasteiger partial charge in [-0.15, -0.1) is 0 Å². The van der Waals surface area contributed by atoms with Crippen LogP contribution in [0.25, 0.3) is 0 Å². The van der Waals surface area contributed by atoms with Gasteiger partial charge in [-0.3, -0.25) is 0 Å². The second-order valence-corrected chi connectivity index (χ2v) is 3.72. The lowest BCUT2D eigenvalue weighted by Crippen LogP contribution is -2.06. The van der Waals surface area contributed by atoms with Gasteiger partial charge >= 0.3 is 5.97 Å². The maximum absolute atomic E-state index is 10.8. The van der Waals surface area contributed by atoms with E-state index >= 15 is 0 Å². The maximum atomic E-state index is 10.8. The van der Waals surface area contributed by atoms with Crippen molar-refractivity contribution in [3.63, 3.8) is 0 Å². The second kappa shape index (κ2) is 6.43. The number of ether oxygens (including phenoxy) is 1. The fraction of sp³-hybridized carbons (Fsp3) is 0.571. The van der Waals surface area contributed by atoms with Crippen molar-refractivity contribution in [3.8, 4) is 0 Å². The number of halogens is 1. The van der Waals surface area contributed by atoms with Gasteiger partial charge in [0.25, 0.3) is 0 Å². The first kappa shape index (κ1) is 10.7. The van der Waals surface area contributed by atoms with Crippen molar-refractivity contribution >= 4 is 25.9 Å². The Morgan fingerprint density at radius 1 is 1.73 bits per heavy atom. The molecule has 0 aromatic carbocycles. The van der Waals surface area contributed by atoms with Crippen LogP contribution in [0.5, 0.6) is 0 Å². The van der Waals surface area contributed by atoms with Gasteiger partial charge in [-0.2, -0.15) is 11.1 Å². The van der Waals surface area contributed by atoms with Crippen LogP contribution in [0.1, 0.15) is 13.3 Å². The van der Waals surface area contributed by atoms with Crippen LogP contribution in [0.3, 0.4) is 0 Å². The summed E-state index contributed by atoms with van der Waals surface area (Å²) in [6.45, 7) is 5.54. The summed E-state index contributed by atoms with van der Waals surface area (Å²) in [6, 6.07) is 0.908. The molecule has 0 aliphatic rings. The molecule has 4 heteroatoms. The molecule has 0 aromatic rings. The second-order valence-electron chi connectivity index (χ2n) is 2.15. The summed E-state index contributed by atoms with van der Waals surface area (Å²) in [5.41, 5.74) is 0.443. The van der Waals surface area contributed by atoms with Gasteiger partial charge in [0.2, 0.25) is 0 Å². The first-order chi connectivity index (χ1) is 5.18. The van der Waals surface area contributed by atoms with Crippen molar-refractivity contribution in [2.75, 3.05) is 6.61 Å². The number of hydrogen-bond donors (Lipinski definition) is 0. The average molecular weight is 191 g/mol. The Balaban J connectivity index is 3.25. The third-order valence-electron chi connectivity index (χ3n) is 0.997. The molecule has 0 aliphatic carbocycles. The molecule has 0 bridgehead atoms. The van der Waals surface area contributed by atoms with E-state index in [4.69, 9.17) is 15.8 Å². The summed E-state index contributed by atoms with van der Waals surface area (Å²) in [7, 11) is 0.414. The smallest absolute Gasteiger partial charge is 0.333 e. The van der Waals surface area contributed by atoms with Crippen LogP contribution in [-0.4, -0.2) is 21.4 Å². The highest BCUT2D eigenvalue weighted by Gasteiger charge is 2.01. The van der Waals surface area contributed by atoms with E-state index in [9.17, 15) is 4.79 Å². The number of esters is 1. The molecule has 0 aliphatic heterocycles. The molecule has 0 unspecified atom stereocenters. The summed E-state index contributed by atoms with van der Waals surface area (Å²) in [5.74, 6) is -0.317. The Bertz CT molecular complexity index is 147. The van der Waals surface area contributed by atoms with E-state index in [1.807, 2.05) is 0 Å². The van der Waals surface area contributed by atoms with E-state index in [1.54, 1.807) is 6.92 Å². The predicted octanol–water partition coefficient (Wildman–Crippen LogP) is 1.77. The number of carbonyl (C=O) groups excluding carboxylic acids is 1. The Morgan fingerprint density at radius 3 is 2.82 bits per heavy atom. The van der Waals surface area contributed by atoms with Crippen molar-refractivity contribution in [3.05, 3.63) is 12.2 Å². The Kier molecular flexibility index (Phi) is 6.26. The maximum Gasteiger partial charge on any atom is 0.333 e. The summed E-state index contributed by atoms with van der Waals surface area (Å²) in [6.07, 6.45) is 0.834. The normalized spacial score (nSPS) is 9.27.